The van der Waals surface area contributed by atoms with Crippen LogP contribution in [-0.4, -0.2) is 60.8 Å². The molecule has 0 radical (unpaired) electrons. The zero-order chi connectivity index (χ0) is 14.4. The number of nitrogens with zero attached hydrogens (tertiary/aromatic N) is 2. The summed E-state index contributed by atoms with van der Waals surface area (Å²) in [4.78, 5) is 4.50. The number of nitrogens with two attached hydrogens (primary N) is 1. The molecular weight excluding hydrogens is 257 g/mol. The second-order valence-corrected chi connectivity index (χ2v) is 5.23. The summed E-state index contributed by atoms with van der Waals surface area (Å²) in [6, 6.07) is 6.82. The Bertz CT molecular complexity index is 416. The predicted octanol–water partition coefficient (Wildman–Crippen LogP) is 0.826. The zero-order valence-electron chi connectivity index (χ0n) is 11.8. The lowest BCUT2D eigenvalue weighted by molar-refractivity contribution is 0.181. The highest BCUT2D eigenvalue weighted by molar-refractivity contribution is 5.21. The molecule has 1 unspecified atom stereocenters. The third-order valence-electron chi connectivity index (χ3n) is 3.97. The van der Waals surface area contributed by atoms with Crippen molar-refractivity contribution in [1.82, 2.24) is 9.80 Å². The van der Waals surface area contributed by atoms with Gasteiger partial charge in [-0.15, -0.1) is 0 Å². The summed E-state index contributed by atoms with van der Waals surface area (Å²) in [6.07, 6.45) is 1.02. The minimum Gasteiger partial charge on any atom is -0.395 e. The van der Waals surface area contributed by atoms with Crippen molar-refractivity contribution < 1.29 is 9.50 Å². The number of hydrogen-bond acceptors (Lipinski definition) is 4. The Morgan fingerprint density at radius 1 is 1.20 bits per heavy atom. The molecule has 0 spiro atoms. The second-order valence-electron chi connectivity index (χ2n) is 5.23. The molecule has 112 valence electrons. The molecule has 1 aromatic carbocycles. The molecule has 1 saturated heterocycles. The normalized spacial score (nSPS) is 19.8. The molecule has 0 amide bonds. The van der Waals surface area contributed by atoms with Gasteiger partial charge < -0.3 is 10.8 Å². The van der Waals surface area contributed by atoms with E-state index in [2.05, 4.69) is 9.80 Å². The van der Waals surface area contributed by atoms with Gasteiger partial charge in [0.05, 0.1) is 6.61 Å². The third-order valence-corrected chi connectivity index (χ3v) is 3.97. The largest absolute Gasteiger partial charge is 0.395 e. The average molecular weight is 281 g/mol. The van der Waals surface area contributed by atoms with E-state index in [1.807, 2.05) is 12.1 Å². The highest BCUT2D eigenvalue weighted by atomic mass is 19.1. The lowest BCUT2D eigenvalue weighted by atomic mass is 10.0. The van der Waals surface area contributed by atoms with E-state index in [9.17, 15) is 4.39 Å². The van der Waals surface area contributed by atoms with Crippen molar-refractivity contribution in [3.63, 3.8) is 0 Å². The molecule has 1 heterocycles. The summed E-state index contributed by atoms with van der Waals surface area (Å²) in [5, 5.41) is 9.02. The predicted molar refractivity (Wildman–Crippen MR) is 77.9 cm³/mol. The third kappa shape index (κ3) is 3.76. The first-order valence-corrected chi connectivity index (χ1v) is 7.28. The number of aliphatic hydroxyl groups is 1. The molecule has 3 N–H and O–H groups in total. The van der Waals surface area contributed by atoms with Crippen LogP contribution in [0, 0.1) is 5.82 Å². The Morgan fingerprint density at radius 2 is 2.00 bits per heavy atom. The lowest BCUT2D eigenvalue weighted by Gasteiger charge is -2.30. The summed E-state index contributed by atoms with van der Waals surface area (Å²) in [5.41, 5.74) is 6.57. The first-order valence-electron chi connectivity index (χ1n) is 7.28. The van der Waals surface area contributed by atoms with E-state index in [-0.39, 0.29) is 18.5 Å². The standard InChI is InChI=1S/C15H24FN3O/c16-14-5-2-1-4-13(14)15(12-17)19-7-3-6-18(8-9-19)10-11-20/h1-2,4-5,15,20H,3,6-12,17H2. The van der Waals surface area contributed by atoms with E-state index in [0.717, 1.165) is 32.6 Å². The van der Waals surface area contributed by atoms with Gasteiger partial charge in [-0.05, 0) is 19.0 Å². The molecular formula is C15H24FN3O. The highest BCUT2D eigenvalue weighted by Gasteiger charge is 2.24. The van der Waals surface area contributed by atoms with Crippen molar-refractivity contribution in [2.45, 2.75) is 12.5 Å². The maximum absolute atomic E-state index is 14.0. The average Bonchev–Trinajstić information content (AvgIpc) is 2.68. The van der Waals surface area contributed by atoms with Gasteiger partial charge >= 0.3 is 0 Å². The summed E-state index contributed by atoms with van der Waals surface area (Å²) < 4.78 is 14.0. The van der Waals surface area contributed by atoms with Crippen LogP contribution in [0.1, 0.15) is 18.0 Å². The van der Waals surface area contributed by atoms with Crippen LogP contribution in [0.4, 0.5) is 4.39 Å². The Balaban J connectivity index is 2.06. The molecule has 1 atom stereocenters. The maximum Gasteiger partial charge on any atom is 0.128 e. The number of benzene rings is 1. The number of halogens is 1. The summed E-state index contributed by atoms with van der Waals surface area (Å²) in [7, 11) is 0. The van der Waals surface area contributed by atoms with Crippen LogP contribution in [0.25, 0.3) is 0 Å². The fourth-order valence-electron chi connectivity index (χ4n) is 2.89. The fourth-order valence-corrected chi connectivity index (χ4v) is 2.89. The Kier molecular flexibility index (Phi) is 5.91. The van der Waals surface area contributed by atoms with Crippen LogP contribution < -0.4 is 5.73 Å². The molecule has 20 heavy (non-hydrogen) atoms. The molecule has 1 aromatic rings. The molecule has 1 fully saturated rings. The number of hydrogen-bond donors (Lipinski definition) is 2. The van der Waals surface area contributed by atoms with E-state index in [4.69, 9.17) is 10.8 Å². The van der Waals surface area contributed by atoms with Gasteiger partial charge in [0.1, 0.15) is 5.82 Å². The van der Waals surface area contributed by atoms with E-state index in [1.165, 1.54) is 6.07 Å². The Hall–Kier alpha value is -1.01. The topological polar surface area (TPSA) is 52.7 Å². The van der Waals surface area contributed by atoms with Crippen LogP contribution in [0.3, 0.4) is 0 Å². The van der Waals surface area contributed by atoms with Crippen LogP contribution in [0.5, 0.6) is 0 Å². The van der Waals surface area contributed by atoms with Gasteiger partial charge in [0.15, 0.2) is 0 Å². The summed E-state index contributed by atoms with van der Waals surface area (Å²) in [5.74, 6) is -0.181. The summed E-state index contributed by atoms with van der Waals surface area (Å²) in [6.45, 7) is 4.96. The minimum absolute atomic E-state index is 0.0646. The van der Waals surface area contributed by atoms with Crippen molar-refractivity contribution in [2.24, 2.45) is 5.73 Å². The molecule has 4 nitrogen and oxygen atoms in total. The fraction of sp³-hybridized carbons (Fsp3) is 0.600. The van der Waals surface area contributed by atoms with Gasteiger partial charge in [0.25, 0.3) is 0 Å². The monoisotopic (exact) mass is 281 g/mol. The second kappa shape index (κ2) is 7.69. The van der Waals surface area contributed by atoms with E-state index in [0.29, 0.717) is 18.7 Å². The number of aliphatic hydroxyl groups excluding tert-OH is 1. The number of β-amino-alcohol motifs (C(OH)–C–C–N with tert-alkyl or cyclic N) is 1. The first-order chi connectivity index (χ1) is 9.76. The highest BCUT2D eigenvalue weighted by Crippen LogP contribution is 2.23. The zero-order valence-corrected chi connectivity index (χ0v) is 11.8. The number of rotatable bonds is 5. The molecule has 5 heteroatoms. The molecule has 0 bridgehead atoms. The molecule has 1 aliphatic heterocycles. The van der Waals surface area contributed by atoms with Crippen LogP contribution in [0.2, 0.25) is 0 Å². The van der Waals surface area contributed by atoms with Crippen molar-refractivity contribution >= 4 is 0 Å². The quantitative estimate of drug-likeness (QED) is 0.839. The summed E-state index contributed by atoms with van der Waals surface area (Å²) >= 11 is 0. The van der Waals surface area contributed by atoms with Crippen molar-refractivity contribution in [1.29, 1.82) is 0 Å². The van der Waals surface area contributed by atoms with Crippen molar-refractivity contribution in [2.75, 3.05) is 45.9 Å². The minimum atomic E-state index is -0.181. The molecule has 0 saturated carbocycles. The van der Waals surface area contributed by atoms with Crippen molar-refractivity contribution in [3.05, 3.63) is 35.6 Å². The Labute approximate surface area is 120 Å². The molecule has 0 aromatic heterocycles. The van der Waals surface area contributed by atoms with Gasteiger partial charge in [0, 0.05) is 44.3 Å². The van der Waals surface area contributed by atoms with E-state index >= 15 is 0 Å². The van der Waals surface area contributed by atoms with Crippen LogP contribution >= 0.6 is 0 Å². The SMILES string of the molecule is NCC(c1ccccc1F)N1CCCN(CCO)CC1. The van der Waals surface area contributed by atoms with Gasteiger partial charge in [-0.2, -0.15) is 0 Å². The molecule has 1 aliphatic rings. The molecule has 0 aliphatic carbocycles. The van der Waals surface area contributed by atoms with Gasteiger partial charge in [-0.25, -0.2) is 4.39 Å². The van der Waals surface area contributed by atoms with Gasteiger partial charge in [-0.1, -0.05) is 18.2 Å². The van der Waals surface area contributed by atoms with Crippen LogP contribution in [-0.2, 0) is 0 Å². The maximum atomic E-state index is 14.0. The smallest absolute Gasteiger partial charge is 0.128 e. The lowest BCUT2D eigenvalue weighted by Crippen LogP contribution is -2.37. The first kappa shape index (κ1) is 15.4. The van der Waals surface area contributed by atoms with Crippen molar-refractivity contribution in [3.8, 4) is 0 Å². The van der Waals surface area contributed by atoms with Crippen LogP contribution in [0.15, 0.2) is 24.3 Å². The van der Waals surface area contributed by atoms with E-state index in [1.54, 1.807) is 6.07 Å². The Morgan fingerprint density at radius 3 is 2.70 bits per heavy atom. The van der Waals surface area contributed by atoms with E-state index < -0.39 is 0 Å². The van der Waals surface area contributed by atoms with Gasteiger partial charge in [0.2, 0.25) is 0 Å². The molecule has 2 rings (SSSR count). The van der Waals surface area contributed by atoms with Gasteiger partial charge in [-0.3, -0.25) is 9.80 Å².